The predicted molar refractivity (Wildman–Crippen MR) is 100 cm³/mol. The predicted octanol–water partition coefficient (Wildman–Crippen LogP) is 3.51. The molecule has 0 aliphatic carbocycles. The highest BCUT2D eigenvalue weighted by molar-refractivity contribution is 7.98. The van der Waals surface area contributed by atoms with Crippen molar-refractivity contribution >= 4 is 49.8 Å². The molecule has 2 aromatic carbocycles. The van der Waals surface area contributed by atoms with Crippen molar-refractivity contribution < 1.29 is 13.6 Å². The Hall–Kier alpha value is -2.66. The molecule has 1 amide bonds. The van der Waals surface area contributed by atoms with Crippen molar-refractivity contribution in [3.05, 3.63) is 53.6 Å². The van der Waals surface area contributed by atoms with E-state index < -0.39 is 9.80 Å². The number of hydrogen-bond acceptors (Lipinski definition) is 4. The number of nitrogens with zero attached hydrogens (tertiary/aromatic N) is 2. The van der Waals surface area contributed by atoms with E-state index >= 15 is 0 Å². The van der Waals surface area contributed by atoms with E-state index in [-0.39, 0.29) is 15.7 Å². The van der Waals surface area contributed by atoms with Crippen LogP contribution in [0.4, 0.5) is 11.4 Å². The Morgan fingerprint density at radius 2 is 1.84 bits per heavy atom. The van der Waals surface area contributed by atoms with Gasteiger partial charge in [0.05, 0.1) is 16.8 Å². The van der Waals surface area contributed by atoms with Gasteiger partial charge in [-0.05, 0) is 48.5 Å². The summed E-state index contributed by atoms with van der Waals surface area (Å²) in [5.41, 5.74) is 1.07. The lowest BCUT2D eigenvalue weighted by Crippen LogP contribution is -2.13. The first-order valence-electron chi connectivity index (χ1n) is 7.04. The van der Waals surface area contributed by atoms with E-state index in [1.54, 1.807) is 30.3 Å². The number of carbonyl (C=O) groups excluding carboxylic acids is 1. The van der Waals surface area contributed by atoms with Crippen molar-refractivity contribution in [1.82, 2.24) is 0 Å². The Bertz CT molecular complexity index is 968. The van der Waals surface area contributed by atoms with Crippen LogP contribution < -0.4 is 5.32 Å². The number of carbonyl (C=O) groups is 1. The van der Waals surface area contributed by atoms with Gasteiger partial charge in [0, 0.05) is 17.6 Å². The first kappa shape index (κ1) is 18.7. The fourth-order valence-corrected chi connectivity index (χ4v) is 3.08. The summed E-state index contributed by atoms with van der Waals surface area (Å²) in [6.45, 7) is 1.40. The molecular weight excluding hydrogens is 362 g/mol. The SMILES string of the molecule is CC(=O)Nc1ccc(N=CC(C#N)=S(=O)(O)c2ccc(Cl)cc2)cc1. The third kappa shape index (κ3) is 4.90. The molecule has 0 saturated heterocycles. The van der Waals surface area contributed by atoms with Gasteiger partial charge in [-0.15, -0.1) is 0 Å². The van der Waals surface area contributed by atoms with E-state index in [0.29, 0.717) is 16.4 Å². The molecular formula is C17H14ClN3O3S. The molecule has 1 atom stereocenters. The second-order valence-electron chi connectivity index (χ2n) is 4.94. The Kier molecular flexibility index (Phi) is 5.93. The molecule has 0 aliphatic rings. The zero-order valence-corrected chi connectivity index (χ0v) is 14.7. The van der Waals surface area contributed by atoms with Crippen LogP contribution >= 0.6 is 11.6 Å². The van der Waals surface area contributed by atoms with Gasteiger partial charge in [0.1, 0.15) is 15.9 Å². The van der Waals surface area contributed by atoms with E-state index in [0.717, 1.165) is 6.21 Å². The highest BCUT2D eigenvalue weighted by Gasteiger charge is 2.13. The second kappa shape index (κ2) is 7.94. The number of nitrogens with one attached hydrogen (secondary N) is 1. The van der Waals surface area contributed by atoms with Crippen molar-refractivity contribution in [2.75, 3.05) is 5.32 Å². The van der Waals surface area contributed by atoms with Crippen LogP contribution in [0.3, 0.4) is 0 Å². The van der Waals surface area contributed by atoms with Gasteiger partial charge in [-0.25, -0.2) is 4.21 Å². The average molecular weight is 376 g/mol. The van der Waals surface area contributed by atoms with Gasteiger partial charge in [0.25, 0.3) is 0 Å². The second-order valence-corrected chi connectivity index (χ2v) is 7.34. The molecule has 6 nitrogen and oxygen atoms in total. The van der Waals surface area contributed by atoms with Gasteiger partial charge in [0.15, 0.2) is 4.86 Å². The largest absolute Gasteiger partial charge is 0.326 e. The fraction of sp³-hybridized carbons (Fsp3) is 0.0588. The molecule has 0 aliphatic heterocycles. The normalized spacial score (nSPS) is 13.0. The molecule has 0 spiro atoms. The molecule has 0 saturated carbocycles. The van der Waals surface area contributed by atoms with E-state index in [1.165, 1.54) is 31.2 Å². The first-order valence-corrected chi connectivity index (χ1v) is 8.93. The summed E-state index contributed by atoms with van der Waals surface area (Å²) in [5, 5.41) is 12.2. The van der Waals surface area contributed by atoms with Crippen LogP contribution in [0.5, 0.6) is 0 Å². The molecule has 2 aromatic rings. The van der Waals surface area contributed by atoms with Gasteiger partial charge in [-0.3, -0.25) is 9.79 Å². The molecule has 0 bridgehead atoms. The van der Waals surface area contributed by atoms with Crippen LogP contribution in [0, 0.1) is 11.3 Å². The molecule has 0 fully saturated rings. The number of rotatable bonds is 4. The van der Waals surface area contributed by atoms with Crippen LogP contribution in [-0.4, -0.2) is 25.7 Å². The van der Waals surface area contributed by atoms with Crippen LogP contribution in [-0.2, 0) is 14.6 Å². The lowest BCUT2D eigenvalue weighted by molar-refractivity contribution is -0.114. The minimum absolute atomic E-state index is 0.0703. The fourth-order valence-electron chi connectivity index (χ4n) is 1.88. The van der Waals surface area contributed by atoms with Crippen LogP contribution in [0.1, 0.15) is 6.92 Å². The minimum atomic E-state index is -3.72. The zero-order valence-electron chi connectivity index (χ0n) is 13.1. The molecule has 2 N–H and O–H groups in total. The molecule has 128 valence electrons. The lowest BCUT2D eigenvalue weighted by Gasteiger charge is -2.05. The van der Waals surface area contributed by atoms with E-state index in [9.17, 15) is 18.8 Å². The number of nitriles is 1. The molecule has 1 unspecified atom stereocenters. The zero-order chi connectivity index (χ0) is 18.4. The molecule has 8 heteroatoms. The molecule has 0 heterocycles. The van der Waals surface area contributed by atoms with Crippen molar-refractivity contribution in [2.45, 2.75) is 11.8 Å². The number of benzene rings is 2. The third-order valence-electron chi connectivity index (χ3n) is 3.06. The minimum Gasteiger partial charge on any atom is -0.326 e. The highest BCUT2D eigenvalue weighted by Crippen LogP contribution is 2.17. The smallest absolute Gasteiger partial charge is 0.221 e. The first-order chi connectivity index (χ1) is 11.8. The third-order valence-corrected chi connectivity index (χ3v) is 5.02. The number of aliphatic imine (C=N–C) groups is 1. The summed E-state index contributed by atoms with van der Waals surface area (Å²) < 4.78 is 22.8. The van der Waals surface area contributed by atoms with E-state index in [1.807, 2.05) is 0 Å². The van der Waals surface area contributed by atoms with Crippen molar-refractivity contribution in [3.8, 4) is 6.07 Å². The Morgan fingerprint density at radius 3 is 2.36 bits per heavy atom. The summed E-state index contributed by atoms with van der Waals surface area (Å²) >= 11 is 5.76. The quantitative estimate of drug-likeness (QED) is 0.630. The molecule has 0 radical (unpaired) electrons. The van der Waals surface area contributed by atoms with E-state index in [2.05, 4.69) is 10.3 Å². The maximum Gasteiger partial charge on any atom is 0.221 e. The van der Waals surface area contributed by atoms with Gasteiger partial charge < -0.3 is 9.87 Å². The number of anilines is 1. The van der Waals surface area contributed by atoms with Crippen LogP contribution in [0.25, 0.3) is 0 Å². The molecule has 25 heavy (non-hydrogen) atoms. The topological polar surface area (TPSA) is 103 Å². The summed E-state index contributed by atoms with van der Waals surface area (Å²) in [7, 11) is -3.72. The van der Waals surface area contributed by atoms with E-state index in [4.69, 9.17) is 11.6 Å². The maximum absolute atomic E-state index is 12.5. The summed E-state index contributed by atoms with van der Waals surface area (Å²) in [5.74, 6) is -0.195. The van der Waals surface area contributed by atoms with Crippen molar-refractivity contribution in [1.29, 1.82) is 5.26 Å². The van der Waals surface area contributed by atoms with Crippen LogP contribution in [0.2, 0.25) is 5.02 Å². The maximum atomic E-state index is 12.5. The molecule has 0 aromatic heterocycles. The van der Waals surface area contributed by atoms with Gasteiger partial charge in [-0.2, -0.15) is 5.26 Å². The van der Waals surface area contributed by atoms with Gasteiger partial charge in [-0.1, -0.05) is 11.6 Å². The number of hydrogen-bond donors (Lipinski definition) is 2. The van der Waals surface area contributed by atoms with Crippen molar-refractivity contribution in [2.24, 2.45) is 4.99 Å². The highest BCUT2D eigenvalue weighted by atomic mass is 35.5. The number of halogens is 1. The Balaban J connectivity index is 2.33. The number of amides is 1. The average Bonchev–Trinajstić information content (AvgIpc) is 2.56. The monoisotopic (exact) mass is 375 g/mol. The standard InChI is InChI=1S/C17H14ClN3O3S/c1-12(22)21-15-6-4-14(5-7-15)20-11-17(10-19)25(23,24)16-8-2-13(18)3-9-16/h2-9,11H,1H3,(H,21,22)(H,23,24). The Morgan fingerprint density at radius 1 is 1.24 bits per heavy atom. The summed E-state index contributed by atoms with van der Waals surface area (Å²) in [6.07, 6.45) is 1.06. The van der Waals surface area contributed by atoms with Gasteiger partial charge in [0.2, 0.25) is 5.91 Å². The lowest BCUT2D eigenvalue weighted by atomic mass is 10.3. The van der Waals surface area contributed by atoms with Gasteiger partial charge >= 0.3 is 0 Å². The summed E-state index contributed by atoms with van der Waals surface area (Å²) in [4.78, 5) is 14.7. The molecule has 2 rings (SSSR count). The summed E-state index contributed by atoms with van der Waals surface area (Å²) in [6, 6.07) is 13.9. The van der Waals surface area contributed by atoms with Crippen molar-refractivity contribution in [3.63, 3.8) is 0 Å². The van der Waals surface area contributed by atoms with Crippen LogP contribution in [0.15, 0.2) is 58.4 Å². The Labute approximate surface area is 150 Å².